The lowest BCUT2D eigenvalue weighted by molar-refractivity contribution is -0.105. The fourth-order valence-corrected chi connectivity index (χ4v) is 0.776. The van der Waals surface area contributed by atoms with Crippen molar-refractivity contribution in [1.82, 2.24) is 0 Å². The molecule has 9 heavy (non-hydrogen) atoms. The van der Waals surface area contributed by atoms with Crippen molar-refractivity contribution >= 4 is 12.5 Å². The molecule has 0 unspecified atom stereocenters. The predicted octanol–water partition coefficient (Wildman–Crippen LogP) is 0.976. The van der Waals surface area contributed by atoms with E-state index in [4.69, 9.17) is 0 Å². The molecule has 0 N–H and O–H groups in total. The third kappa shape index (κ3) is 1.80. The normalized spacial score (nSPS) is 18.4. The summed E-state index contributed by atoms with van der Waals surface area (Å²) in [6, 6.07) is 0. The van der Waals surface area contributed by atoms with E-state index in [1.807, 2.05) is 12.3 Å². The molecule has 1 aliphatic heterocycles. The van der Waals surface area contributed by atoms with Gasteiger partial charge in [0.15, 0.2) is 0 Å². The van der Waals surface area contributed by atoms with Gasteiger partial charge in [-0.2, -0.15) is 0 Å². The Balaban J connectivity index is 2.55. The monoisotopic (exact) mass is 123 g/mol. The van der Waals surface area contributed by atoms with Gasteiger partial charge in [0.05, 0.1) is 6.54 Å². The van der Waals surface area contributed by atoms with E-state index in [1.54, 1.807) is 0 Å². The molecule has 0 aromatic carbocycles. The zero-order valence-corrected chi connectivity index (χ0v) is 5.21. The van der Waals surface area contributed by atoms with E-state index in [9.17, 15) is 4.79 Å². The summed E-state index contributed by atoms with van der Waals surface area (Å²) in [5.41, 5.74) is 0.882. The summed E-state index contributed by atoms with van der Waals surface area (Å²) in [7, 11) is 0. The van der Waals surface area contributed by atoms with Crippen LogP contribution in [-0.4, -0.2) is 19.0 Å². The maximum Gasteiger partial charge on any atom is 0.145 e. The molecular formula is C7H9NO. The number of carbonyl (C=O) groups excluding carboxylic acids is 1. The second kappa shape index (κ2) is 3.17. The summed E-state index contributed by atoms with van der Waals surface area (Å²) in [6.45, 7) is 0.675. The molecule has 48 valence electrons. The minimum Gasteiger partial charge on any atom is -0.298 e. The van der Waals surface area contributed by atoms with Gasteiger partial charge < -0.3 is 0 Å². The molecule has 2 heteroatoms. The van der Waals surface area contributed by atoms with Crippen LogP contribution in [0.15, 0.2) is 16.6 Å². The molecule has 0 radical (unpaired) electrons. The molecule has 0 spiro atoms. The Morgan fingerprint density at radius 2 is 2.56 bits per heavy atom. The Hall–Kier alpha value is -0.920. The zero-order valence-electron chi connectivity index (χ0n) is 5.21. The second-order valence-electron chi connectivity index (χ2n) is 1.98. The van der Waals surface area contributed by atoms with Gasteiger partial charge in [0.2, 0.25) is 0 Å². The van der Waals surface area contributed by atoms with E-state index in [2.05, 4.69) is 4.99 Å². The van der Waals surface area contributed by atoms with Crippen LogP contribution in [0, 0.1) is 0 Å². The van der Waals surface area contributed by atoms with Gasteiger partial charge in [0.1, 0.15) is 6.29 Å². The van der Waals surface area contributed by atoms with Crippen LogP contribution < -0.4 is 0 Å². The van der Waals surface area contributed by atoms with E-state index in [-0.39, 0.29) is 0 Å². The first-order valence-corrected chi connectivity index (χ1v) is 3.06. The highest BCUT2D eigenvalue weighted by Crippen LogP contribution is 2.02. The van der Waals surface area contributed by atoms with E-state index in [1.165, 1.54) is 0 Å². The summed E-state index contributed by atoms with van der Waals surface area (Å²) >= 11 is 0. The number of aliphatic imine (C=N–C) groups is 1. The molecule has 0 bridgehead atoms. The SMILES string of the molecule is O=CC1=CCN=CCC1. The first-order valence-electron chi connectivity index (χ1n) is 3.06. The fraction of sp³-hybridized carbons (Fsp3) is 0.429. The highest BCUT2D eigenvalue weighted by molar-refractivity contribution is 5.75. The maximum absolute atomic E-state index is 10.2. The van der Waals surface area contributed by atoms with Crippen molar-refractivity contribution in [3.05, 3.63) is 11.6 Å². The highest BCUT2D eigenvalue weighted by atomic mass is 16.1. The summed E-state index contributed by atoms with van der Waals surface area (Å²) in [6.07, 6.45) is 6.41. The highest BCUT2D eigenvalue weighted by Gasteiger charge is 1.95. The molecule has 0 aliphatic carbocycles. The van der Waals surface area contributed by atoms with E-state index >= 15 is 0 Å². The molecule has 0 atom stereocenters. The molecule has 1 rings (SSSR count). The second-order valence-corrected chi connectivity index (χ2v) is 1.98. The zero-order chi connectivity index (χ0) is 6.53. The van der Waals surface area contributed by atoms with Gasteiger partial charge in [0, 0.05) is 0 Å². The van der Waals surface area contributed by atoms with Crippen molar-refractivity contribution in [2.24, 2.45) is 4.99 Å². The van der Waals surface area contributed by atoms with E-state index < -0.39 is 0 Å². The van der Waals surface area contributed by atoms with Crippen LogP contribution in [0.3, 0.4) is 0 Å². The average Bonchev–Trinajstić information content (AvgIpc) is 2.13. The first-order chi connectivity index (χ1) is 4.43. The molecule has 0 aromatic rings. The molecule has 0 aromatic heterocycles. The average molecular weight is 123 g/mol. The van der Waals surface area contributed by atoms with Gasteiger partial charge in [-0.3, -0.25) is 9.79 Å². The van der Waals surface area contributed by atoms with Gasteiger partial charge in [-0.25, -0.2) is 0 Å². The van der Waals surface area contributed by atoms with Gasteiger partial charge in [-0.1, -0.05) is 6.08 Å². The lowest BCUT2D eigenvalue weighted by Crippen LogP contribution is -1.83. The topological polar surface area (TPSA) is 29.4 Å². The minimum absolute atomic E-state index is 0.675. The lowest BCUT2D eigenvalue weighted by Gasteiger charge is -1.88. The Bertz CT molecular complexity index is 158. The smallest absolute Gasteiger partial charge is 0.145 e. The molecule has 0 saturated heterocycles. The molecular weight excluding hydrogens is 114 g/mol. The van der Waals surface area contributed by atoms with Crippen LogP contribution in [0.25, 0.3) is 0 Å². The van der Waals surface area contributed by atoms with Gasteiger partial charge in [-0.15, -0.1) is 0 Å². The van der Waals surface area contributed by atoms with Crippen LogP contribution in [0.5, 0.6) is 0 Å². The quantitative estimate of drug-likeness (QED) is 0.478. The summed E-state index contributed by atoms with van der Waals surface area (Å²) in [5, 5.41) is 0. The Morgan fingerprint density at radius 1 is 1.67 bits per heavy atom. The van der Waals surface area contributed by atoms with Crippen LogP contribution in [0.4, 0.5) is 0 Å². The number of hydrogen-bond donors (Lipinski definition) is 0. The van der Waals surface area contributed by atoms with Crippen molar-refractivity contribution in [3.63, 3.8) is 0 Å². The van der Waals surface area contributed by atoms with Crippen molar-refractivity contribution in [2.45, 2.75) is 12.8 Å². The molecule has 0 amide bonds. The van der Waals surface area contributed by atoms with Gasteiger partial charge >= 0.3 is 0 Å². The number of rotatable bonds is 1. The third-order valence-electron chi connectivity index (χ3n) is 1.30. The van der Waals surface area contributed by atoms with E-state index in [0.717, 1.165) is 24.7 Å². The van der Waals surface area contributed by atoms with Crippen LogP contribution in [0.2, 0.25) is 0 Å². The maximum atomic E-state index is 10.2. The van der Waals surface area contributed by atoms with Crippen molar-refractivity contribution in [2.75, 3.05) is 6.54 Å². The summed E-state index contributed by atoms with van der Waals surface area (Å²) in [5.74, 6) is 0. The number of aldehydes is 1. The predicted molar refractivity (Wildman–Crippen MR) is 36.7 cm³/mol. The van der Waals surface area contributed by atoms with Gasteiger partial charge in [-0.05, 0) is 24.6 Å². The number of hydrogen-bond acceptors (Lipinski definition) is 2. The number of nitrogens with zero attached hydrogens (tertiary/aromatic N) is 1. The largest absolute Gasteiger partial charge is 0.298 e. The van der Waals surface area contributed by atoms with Crippen molar-refractivity contribution in [3.8, 4) is 0 Å². The standard InChI is InChI=1S/C7H9NO/c9-6-7-2-1-4-8-5-3-7/h3-4,6H,1-2,5H2. The van der Waals surface area contributed by atoms with Gasteiger partial charge in [0.25, 0.3) is 0 Å². The van der Waals surface area contributed by atoms with Crippen molar-refractivity contribution < 1.29 is 4.79 Å². The van der Waals surface area contributed by atoms with Crippen LogP contribution in [0.1, 0.15) is 12.8 Å². The molecule has 1 aliphatic rings. The van der Waals surface area contributed by atoms with Crippen LogP contribution in [-0.2, 0) is 4.79 Å². The van der Waals surface area contributed by atoms with Crippen molar-refractivity contribution in [1.29, 1.82) is 0 Å². The summed E-state index contributed by atoms with van der Waals surface area (Å²) < 4.78 is 0. The molecule has 1 heterocycles. The lowest BCUT2D eigenvalue weighted by atomic mass is 10.2. The number of carbonyl (C=O) groups is 1. The fourth-order valence-electron chi connectivity index (χ4n) is 0.776. The molecule has 0 fully saturated rings. The third-order valence-corrected chi connectivity index (χ3v) is 1.30. The van der Waals surface area contributed by atoms with Crippen LogP contribution >= 0.6 is 0 Å². The summed E-state index contributed by atoms with van der Waals surface area (Å²) in [4.78, 5) is 14.2. The minimum atomic E-state index is 0.675. The molecule has 2 nitrogen and oxygen atoms in total. The Morgan fingerprint density at radius 3 is 3.33 bits per heavy atom. The Labute approximate surface area is 54.3 Å². The molecule has 0 saturated carbocycles. The number of allylic oxidation sites excluding steroid dienone is 1. The van der Waals surface area contributed by atoms with E-state index in [0.29, 0.717) is 6.54 Å². The first kappa shape index (κ1) is 6.20. The Kier molecular flexibility index (Phi) is 2.19.